The Bertz CT molecular complexity index is 569. The molecule has 0 N–H and O–H groups in total. The summed E-state index contributed by atoms with van der Waals surface area (Å²) in [6.07, 6.45) is 1.51. The molecule has 1 aliphatic heterocycles. The number of aliphatic imine (C=N–C) groups is 1. The van der Waals surface area contributed by atoms with E-state index in [4.69, 9.17) is 19.7 Å². The van der Waals surface area contributed by atoms with Crippen LogP contribution in [-0.4, -0.2) is 23.2 Å². The molecule has 0 unspecified atom stereocenters. The molecule has 0 amide bonds. The second-order valence-corrected chi connectivity index (χ2v) is 14.6. The Balaban J connectivity index is 2.67. The van der Waals surface area contributed by atoms with Crippen LogP contribution >= 0.6 is 19.7 Å². The molecule has 3 nitrogen and oxygen atoms in total. The molecule has 0 atom stereocenters. The molecule has 99 valence electrons. The maximum absolute atomic E-state index is 13.2. The summed E-state index contributed by atoms with van der Waals surface area (Å²) in [5, 5.41) is 0. The minimum absolute atomic E-state index is 0.509. The topological polar surface area (TPSA) is 32.7 Å². The van der Waals surface area contributed by atoms with E-state index in [9.17, 15) is 3.67 Å². The zero-order valence-electron chi connectivity index (χ0n) is 10.7. The van der Waals surface area contributed by atoms with Crippen LogP contribution in [0.2, 0.25) is 0 Å². The van der Waals surface area contributed by atoms with E-state index in [1.54, 1.807) is 0 Å². The SMILES string of the molecule is Cc1cc(C)[c]([V](=[O])([Cl])([Cl])[N]2C=NCC2)c(C)c1. The molecule has 0 saturated heterocycles. The molecule has 1 heterocycles. The van der Waals surface area contributed by atoms with Crippen molar-refractivity contribution < 1.29 is 14.8 Å². The van der Waals surface area contributed by atoms with Crippen molar-refractivity contribution >= 4 is 30.3 Å². The normalized spacial score (nSPS) is 17.8. The average Bonchev–Trinajstić information content (AvgIpc) is 2.66. The van der Waals surface area contributed by atoms with Crippen LogP contribution in [-0.2, 0) is 14.8 Å². The summed E-state index contributed by atoms with van der Waals surface area (Å²) in [7, 11) is 12.8. The van der Waals surface area contributed by atoms with Crippen LogP contribution in [0.25, 0.3) is 0 Å². The van der Waals surface area contributed by atoms with E-state index in [1.807, 2.05) is 32.9 Å². The van der Waals surface area contributed by atoms with Crippen molar-refractivity contribution in [2.75, 3.05) is 13.1 Å². The van der Waals surface area contributed by atoms with Gasteiger partial charge in [-0.3, -0.25) is 0 Å². The quantitative estimate of drug-likeness (QED) is 0.837. The van der Waals surface area contributed by atoms with Crippen molar-refractivity contribution in [3.05, 3.63) is 28.8 Å². The minimum atomic E-state index is -4.97. The van der Waals surface area contributed by atoms with Gasteiger partial charge in [-0.25, -0.2) is 0 Å². The maximum atomic E-state index is 13.2. The van der Waals surface area contributed by atoms with Gasteiger partial charge in [0.2, 0.25) is 0 Å². The van der Waals surface area contributed by atoms with Crippen LogP contribution in [0.5, 0.6) is 0 Å². The molecule has 2 rings (SSSR count). The van der Waals surface area contributed by atoms with Gasteiger partial charge in [0.25, 0.3) is 0 Å². The van der Waals surface area contributed by atoms with Crippen LogP contribution < -0.4 is 4.28 Å². The van der Waals surface area contributed by atoms with Crippen molar-refractivity contribution in [2.45, 2.75) is 20.8 Å². The molecular weight excluding hydrogens is 310 g/mol. The second kappa shape index (κ2) is 4.34. The molecular formula is C12H16Cl2N2OV. The predicted octanol–water partition coefficient (Wildman–Crippen LogP) is 2.84. The van der Waals surface area contributed by atoms with E-state index in [0.29, 0.717) is 17.4 Å². The van der Waals surface area contributed by atoms with Gasteiger partial charge in [-0.05, 0) is 0 Å². The number of aryl methyl sites for hydroxylation is 3. The van der Waals surface area contributed by atoms with Gasteiger partial charge in [0.15, 0.2) is 0 Å². The Labute approximate surface area is 116 Å². The third kappa shape index (κ3) is 2.25. The third-order valence-electron chi connectivity index (χ3n) is 3.10. The van der Waals surface area contributed by atoms with Gasteiger partial charge in [-0.1, -0.05) is 0 Å². The van der Waals surface area contributed by atoms with E-state index < -0.39 is 11.2 Å². The number of hydrogen-bond donors (Lipinski definition) is 0. The number of rotatable bonds is 2. The van der Waals surface area contributed by atoms with E-state index in [-0.39, 0.29) is 0 Å². The molecule has 6 heteroatoms. The van der Waals surface area contributed by atoms with Crippen molar-refractivity contribution in [2.24, 2.45) is 4.99 Å². The van der Waals surface area contributed by atoms with E-state index in [0.717, 1.165) is 16.7 Å². The van der Waals surface area contributed by atoms with Crippen molar-refractivity contribution in [1.82, 2.24) is 3.75 Å². The monoisotopic (exact) mass is 325 g/mol. The number of benzene rings is 1. The van der Waals surface area contributed by atoms with Crippen LogP contribution in [0.1, 0.15) is 16.7 Å². The molecule has 1 aromatic carbocycles. The summed E-state index contributed by atoms with van der Waals surface area (Å²) >= 11 is -4.97. The van der Waals surface area contributed by atoms with Gasteiger partial charge in [0, 0.05) is 0 Å². The molecule has 0 aliphatic carbocycles. The van der Waals surface area contributed by atoms with Gasteiger partial charge < -0.3 is 0 Å². The number of nitrogens with zero attached hydrogens (tertiary/aromatic N) is 2. The zero-order chi connectivity index (χ0) is 13.6. The van der Waals surface area contributed by atoms with Crippen molar-refractivity contribution in [1.29, 1.82) is 0 Å². The van der Waals surface area contributed by atoms with Gasteiger partial charge in [-0.15, -0.1) is 0 Å². The summed E-state index contributed by atoms with van der Waals surface area (Å²) in [6, 6.07) is 3.91. The Kier molecular flexibility index (Phi) is 3.40. The molecule has 0 saturated carbocycles. The molecule has 1 aliphatic rings. The van der Waals surface area contributed by atoms with Gasteiger partial charge >= 0.3 is 117 Å². The van der Waals surface area contributed by atoms with Crippen LogP contribution in [0.3, 0.4) is 0 Å². The molecule has 18 heavy (non-hydrogen) atoms. The first-order chi connectivity index (χ1) is 8.21. The van der Waals surface area contributed by atoms with Crippen LogP contribution in [0.4, 0.5) is 0 Å². The average molecular weight is 326 g/mol. The van der Waals surface area contributed by atoms with Crippen LogP contribution in [0, 0.1) is 20.8 Å². The van der Waals surface area contributed by atoms with Crippen molar-refractivity contribution in [3.8, 4) is 0 Å². The summed E-state index contributed by atoms with van der Waals surface area (Å²) in [4.78, 5) is 4.06. The van der Waals surface area contributed by atoms with Gasteiger partial charge in [-0.2, -0.15) is 0 Å². The van der Waals surface area contributed by atoms with Crippen molar-refractivity contribution in [3.63, 3.8) is 0 Å². The fourth-order valence-electron chi connectivity index (χ4n) is 2.49. The summed E-state index contributed by atoms with van der Waals surface area (Å²) in [5.41, 5.74) is 2.86. The molecule has 1 aromatic rings. The van der Waals surface area contributed by atoms with Crippen LogP contribution in [0.15, 0.2) is 17.1 Å². The Morgan fingerprint density at radius 1 is 1.22 bits per heavy atom. The zero-order valence-corrected chi connectivity index (χ0v) is 13.6. The first kappa shape index (κ1) is 14.1. The molecule has 0 aromatic heterocycles. The fraction of sp³-hybridized carbons (Fsp3) is 0.417. The molecule has 0 bridgehead atoms. The predicted molar refractivity (Wildman–Crippen MR) is 72.7 cm³/mol. The van der Waals surface area contributed by atoms with E-state index >= 15 is 0 Å². The van der Waals surface area contributed by atoms with E-state index in [1.165, 1.54) is 10.1 Å². The van der Waals surface area contributed by atoms with Gasteiger partial charge in [0.05, 0.1) is 0 Å². The Morgan fingerprint density at radius 2 is 1.78 bits per heavy atom. The third-order valence-corrected chi connectivity index (χ3v) is 10.1. The van der Waals surface area contributed by atoms with E-state index in [2.05, 4.69) is 4.99 Å². The summed E-state index contributed by atoms with van der Waals surface area (Å²) in [6.45, 7) is 6.88. The number of hydrogen-bond acceptors (Lipinski definition) is 2. The first-order valence-electron chi connectivity index (χ1n) is 5.75. The summed E-state index contributed by atoms with van der Waals surface area (Å²) < 4.78 is 15.3. The molecule has 0 spiro atoms. The van der Waals surface area contributed by atoms with Gasteiger partial charge in [0.1, 0.15) is 0 Å². The number of halogens is 2. The Morgan fingerprint density at radius 3 is 2.22 bits per heavy atom. The Hall–Kier alpha value is -0.346. The fourth-order valence-corrected chi connectivity index (χ4v) is 9.05. The first-order valence-corrected chi connectivity index (χ1v) is 11.5. The molecule has 0 radical (unpaired) electrons. The molecule has 0 fully saturated rings. The summed E-state index contributed by atoms with van der Waals surface area (Å²) in [5.74, 6) is 0. The standard InChI is InChI=1S/C9H11.C3H5N2.2ClH.O.V/c1-7-4-8(2)6-9(3)5-7;1-2-5-3-4-1;;;;/h4-5H,1-3H3;3H,1-2H2;2*1H;;/q;-1;;;;+3/p-2. The second-order valence-electron chi connectivity index (χ2n) is 4.73.